The van der Waals surface area contributed by atoms with Crippen molar-refractivity contribution in [1.82, 2.24) is 4.98 Å². The molecule has 3 nitrogen and oxygen atoms in total. The lowest BCUT2D eigenvalue weighted by molar-refractivity contribution is 0.174. The molecule has 2 heterocycles. The first-order valence-electron chi connectivity index (χ1n) is 5.22. The van der Waals surface area contributed by atoms with E-state index in [0.717, 1.165) is 22.7 Å². The Morgan fingerprint density at radius 3 is 2.47 bits per heavy atom. The van der Waals surface area contributed by atoms with Gasteiger partial charge < -0.3 is 14.5 Å². The fourth-order valence-electron chi connectivity index (χ4n) is 1.67. The topological polar surface area (TPSA) is 34.2 Å². The molecule has 0 bridgehead atoms. The summed E-state index contributed by atoms with van der Waals surface area (Å²) < 4.78 is 10.6. The molecule has 0 saturated heterocycles. The van der Waals surface area contributed by atoms with Crippen molar-refractivity contribution in [2.45, 2.75) is 20.8 Å². The molecular formula is C12H15NO2. The quantitative estimate of drug-likeness (QED) is 0.716. The van der Waals surface area contributed by atoms with E-state index >= 15 is 0 Å². The standard InChI is InChI=1S/C10H9NO2.C2H6/c1-6-2-7-3-9-10(13-5-12-9)4-8(7)11-6;1-2/h2-4,11H,5H2,1H3;1-2H3. The second-order valence-electron chi connectivity index (χ2n) is 3.25. The lowest BCUT2D eigenvalue weighted by Gasteiger charge is -1.94. The van der Waals surface area contributed by atoms with E-state index in [1.165, 1.54) is 5.39 Å². The van der Waals surface area contributed by atoms with Crippen LogP contribution in [0.2, 0.25) is 0 Å². The Balaban J connectivity index is 0.000000404. The van der Waals surface area contributed by atoms with Crippen LogP contribution in [0.25, 0.3) is 10.9 Å². The predicted molar refractivity (Wildman–Crippen MR) is 60.5 cm³/mol. The van der Waals surface area contributed by atoms with E-state index in [-0.39, 0.29) is 0 Å². The SMILES string of the molecule is CC.Cc1cc2cc3c(cc2[nH]1)OCO3. The molecule has 0 fully saturated rings. The molecule has 15 heavy (non-hydrogen) atoms. The minimum absolute atomic E-state index is 0.334. The van der Waals surface area contributed by atoms with Crippen molar-refractivity contribution in [3.63, 3.8) is 0 Å². The Hall–Kier alpha value is -1.64. The number of benzene rings is 1. The van der Waals surface area contributed by atoms with E-state index < -0.39 is 0 Å². The highest BCUT2D eigenvalue weighted by atomic mass is 16.7. The highest BCUT2D eigenvalue weighted by Crippen LogP contribution is 2.35. The molecule has 1 aliphatic heterocycles. The first kappa shape index (κ1) is 9.90. The molecule has 0 aliphatic carbocycles. The van der Waals surface area contributed by atoms with Crippen molar-refractivity contribution in [1.29, 1.82) is 0 Å². The molecule has 1 aromatic carbocycles. The van der Waals surface area contributed by atoms with Crippen LogP contribution in [-0.4, -0.2) is 11.8 Å². The molecule has 1 aliphatic rings. The maximum atomic E-state index is 5.28. The van der Waals surface area contributed by atoms with Crippen LogP contribution in [0.15, 0.2) is 18.2 Å². The van der Waals surface area contributed by atoms with Crippen LogP contribution < -0.4 is 9.47 Å². The van der Waals surface area contributed by atoms with E-state index in [1.54, 1.807) is 0 Å². The van der Waals surface area contributed by atoms with Crippen LogP contribution in [0.1, 0.15) is 19.5 Å². The number of hydrogen-bond donors (Lipinski definition) is 1. The van der Waals surface area contributed by atoms with Crippen molar-refractivity contribution < 1.29 is 9.47 Å². The number of nitrogens with one attached hydrogen (secondary N) is 1. The van der Waals surface area contributed by atoms with Gasteiger partial charge in [0, 0.05) is 22.7 Å². The second kappa shape index (κ2) is 3.85. The van der Waals surface area contributed by atoms with Gasteiger partial charge in [-0.3, -0.25) is 0 Å². The number of aromatic nitrogens is 1. The molecule has 0 spiro atoms. The summed E-state index contributed by atoms with van der Waals surface area (Å²) in [6.45, 7) is 6.37. The van der Waals surface area contributed by atoms with E-state index in [1.807, 2.05) is 32.9 Å². The van der Waals surface area contributed by atoms with Crippen molar-refractivity contribution in [3.8, 4) is 11.5 Å². The first-order valence-corrected chi connectivity index (χ1v) is 5.22. The van der Waals surface area contributed by atoms with Crippen LogP contribution in [-0.2, 0) is 0 Å². The molecule has 0 unspecified atom stereocenters. The van der Waals surface area contributed by atoms with Gasteiger partial charge in [-0.25, -0.2) is 0 Å². The van der Waals surface area contributed by atoms with Crippen LogP contribution in [0, 0.1) is 6.92 Å². The number of hydrogen-bond acceptors (Lipinski definition) is 2. The summed E-state index contributed by atoms with van der Waals surface area (Å²) in [4.78, 5) is 3.25. The molecule has 2 aromatic rings. The van der Waals surface area contributed by atoms with Crippen molar-refractivity contribution in [2.24, 2.45) is 0 Å². The lowest BCUT2D eigenvalue weighted by Crippen LogP contribution is -1.92. The maximum absolute atomic E-state index is 5.28. The highest BCUT2D eigenvalue weighted by Gasteiger charge is 2.14. The van der Waals surface area contributed by atoms with Gasteiger partial charge >= 0.3 is 0 Å². The van der Waals surface area contributed by atoms with E-state index in [4.69, 9.17) is 9.47 Å². The maximum Gasteiger partial charge on any atom is 0.231 e. The molecule has 3 heteroatoms. The summed E-state index contributed by atoms with van der Waals surface area (Å²) in [5.74, 6) is 1.67. The average molecular weight is 205 g/mol. The Labute approximate surface area is 89.0 Å². The van der Waals surface area contributed by atoms with Crippen LogP contribution in [0.3, 0.4) is 0 Å². The number of fused-ring (bicyclic) bond motifs is 2. The molecule has 0 amide bonds. The molecular weight excluding hydrogens is 190 g/mol. The lowest BCUT2D eigenvalue weighted by atomic mass is 10.2. The van der Waals surface area contributed by atoms with Gasteiger partial charge in [0.1, 0.15) is 0 Å². The third-order valence-electron chi connectivity index (χ3n) is 2.25. The average Bonchev–Trinajstić information content (AvgIpc) is 2.81. The first-order chi connectivity index (χ1) is 7.33. The summed E-state index contributed by atoms with van der Waals surface area (Å²) >= 11 is 0. The normalized spacial score (nSPS) is 12.5. The Morgan fingerprint density at radius 2 is 1.73 bits per heavy atom. The largest absolute Gasteiger partial charge is 0.454 e. The zero-order chi connectivity index (χ0) is 10.8. The van der Waals surface area contributed by atoms with Gasteiger partial charge in [0.15, 0.2) is 11.5 Å². The fraction of sp³-hybridized carbons (Fsp3) is 0.333. The third-order valence-corrected chi connectivity index (χ3v) is 2.25. The molecule has 0 atom stereocenters. The Bertz CT molecular complexity index is 433. The molecule has 3 rings (SSSR count). The zero-order valence-electron chi connectivity index (χ0n) is 9.26. The fourth-order valence-corrected chi connectivity index (χ4v) is 1.67. The van der Waals surface area contributed by atoms with Gasteiger partial charge in [0.25, 0.3) is 0 Å². The smallest absolute Gasteiger partial charge is 0.231 e. The van der Waals surface area contributed by atoms with Gasteiger partial charge in [0.2, 0.25) is 6.79 Å². The van der Waals surface area contributed by atoms with Gasteiger partial charge in [-0.2, -0.15) is 0 Å². The summed E-state index contributed by atoms with van der Waals surface area (Å²) in [5.41, 5.74) is 2.25. The van der Waals surface area contributed by atoms with Crippen molar-refractivity contribution in [3.05, 3.63) is 23.9 Å². The minimum Gasteiger partial charge on any atom is -0.454 e. The van der Waals surface area contributed by atoms with E-state index in [2.05, 4.69) is 11.1 Å². The minimum atomic E-state index is 0.334. The number of aromatic amines is 1. The second-order valence-corrected chi connectivity index (χ2v) is 3.25. The number of H-pyrrole nitrogens is 1. The van der Waals surface area contributed by atoms with E-state index in [9.17, 15) is 0 Å². The number of rotatable bonds is 0. The summed E-state index contributed by atoms with van der Waals surface area (Å²) in [7, 11) is 0. The van der Waals surface area contributed by atoms with Crippen molar-refractivity contribution in [2.75, 3.05) is 6.79 Å². The molecule has 80 valence electrons. The monoisotopic (exact) mass is 205 g/mol. The highest BCUT2D eigenvalue weighted by molar-refractivity contribution is 5.84. The zero-order valence-corrected chi connectivity index (χ0v) is 9.26. The predicted octanol–water partition coefficient (Wildman–Crippen LogP) is 3.23. The number of aryl methyl sites for hydroxylation is 1. The van der Waals surface area contributed by atoms with Gasteiger partial charge in [0.05, 0.1) is 0 Å². The van der Waals surface area contributed by atoms with E-state index in [0.29, 0.717) is 6.79 Å². The van der Waals surface area contributed by atoms with Crippen LogP contribution in [0.4, 0.5) is 0 Å². The Kier molecular flexibility index (Phi) is 2.54. The molecule has 0 saturated carbocycles. The summed E-state index contributed by atoms with van der Waals surface area (Å²) in [5, 5.41) is 1.17. The van der Waals surface area contributed by atoms with Gasteiger partial charge in [-0.1, -0.05) is 13.8 Å². The molecule has 0 radical (unpaired) electrons. The van der Waals surface area contributed by atoms with Gasteiger partial charge in [-0.15, -0.1) is 0 Å². The van der Waals surface area contributed by atoms with Crippen LogP contribution >= 0.6 is 0 Å². The number of ether oxygens (including phenoxy) is 2. The van der Waals surface area contributed by atoms with Gasteiger partial charge in [-0.05, 0) is 19.1 Å². The van der Waals surface area contributed by atoms with Crippen molar-refractivity contribution >= 4 is 10.9 Å². The Morgan fingerprint density at radius 1 is 1.07 bits per heavy atom. The summed E-state index contributed by atoms with van der Waals surface area (Å²) in [6.07, 6.45) is 0. The molecule has 1 N–H and O–H groups in total. The third kappa shape index (κ3) is 1.65. The molecule has 1 aromatic heterocycles. The summed E-state index contributed by atoms with van der Waals surface area (Å²) in [6, 6.07) is 6.07. The van der Waals surface area contributed by atoms with Crippen LogP contribution in [0.5, 0.6) is 11.5 Å².